The molecule has 0 aliphatic carbocycles. The van der Waals surface area contributed by atoms with E-state index in [9.17, 15) is 13.6 Å². The molecular weight excluding hydrogens is 122 g/mol. The van der Waals surface area contributed by atoms with E-state index in [1.165, 1.54) is 6.29 Å². The molecule has 1 nitrogen and oxygen atoms in total. The topological polar surface area (TPSA) is 17.1 Å². The second-order valence-corrected chi connectivity index (χ2v) is 1.69. The Hall–Kier alpha value is -0.120. The van der Waals surface area contributed by atoms with E-state index in [4.69, 9.17) is 0 Å². The molecule has 0 rings (SSSR count). The first-order valence-electron chi connectivity index (χ1n) is 1.52. The van der Waals surface area contributed by atoms with Crippen molar-refractivity contribution in [1.29, 1.82) is 0 Å². The van der Waals surface area contributed by atoms with Crippen molar-refractivity contribution in [2.24, 2.45) is 0 Å². The van der Waals surface area contributed by atoms with E-state index in [-0.39, 0.29) is 17.5 Å². The maximum atomic E-state index is 11.0. The van der Waals surface area contributed by atoms with E-state index in [1.807, 2.05) is 0 Å². The summed E-state index contributed by atoms with van der Waals surface area (Å²) in [6, 6.07) is 0. The summed E-state index contributed by atoms with van der Waals surface area (Å²) in [5.41, 5.74) is 0. The number of hydrogen-bond donors (Lipinski definition) is 0. The molecule has 0 heterocycles. The number of carbonyl (C=O) groups excluding carboxylic acids is 1. The van der Waals surface area contributed by atoms with Gasteiger partial charge in [-0.15, -0.1) is 0 Å². The van der Waals surface area contributed by atoms with Gasteiger partial charge in [-0.2, -0.15) is 8.78 Å². The van der Waals surface area contributed by atoms with Gasteiger partial charge in [0.05, 0.1) is 5.75 Å². The van der Waals surface area contributed by atoms with Gasteiger partial charge < -0.3 is 0 Å². The van der Waals surface area contributed by atoms with Crippen LogP contribution in [-0.4, -0.2) is 17.8 Å². The molecule has 41 valence electrons. The summed E-state index contributed by atoms with van der Waals surface area (Å²) in [7, 11) is 0. The minimum Gasteiger partial charge on any atom is -0.290 e. The molecule has 0 aliphatic heterocycles. The van der Waals surface area contributed by atoms with Crippen LogP contribution < -0.4 is 0 Å². The molecule has 0 fully saturated rings. The Morgan fingerprint density at radius 1 is 1.71 bits per heavy atom. The van der Waals surface area contributed by atoms with Crippen molar-refractivity contribution in [2.45, 2.75) is 5.76 Å². The molecule has 0 atom stereocenters. The van der Waals surface area contributed by atoms with Gasteiger partial charge in [0.1, 0.15) is 0 Å². The van der Waals surface area contributed by atoms with Crippen LogP contribution in [-0.2, 0) is 4.79 Å². The van der Waals surface area contributed by atoms with Crippen molar-refractivity contribution in [3.05, 3.63) is 0 Å². The normalized spacial score (nSPS) is 9.57. The van der Waals surface area contributed by atoms with Crippen LogP contribution in [0.15, 0.2) is 0 Å². The molecule has 0 bridgehead atoms. The Morgan fingerprint density at radius 3 is 2.43 bits per heavy atom. The molecule has 0 aromatic carbocycles. The largest absolute Gasteiger partial charge is 0.290 e. The second kappa shape index (κ2) is 4.05. The zero-order valence-corrected chi connectivity index (χ0v) is 4.17. The van der Waals surface area contributed by atoms with Crippen LogP contribution in [0.2, 0.25) is 0 Å². The van der Waals surface area contributed by atoms with Gasteiger partial charge in [0.15, 0.2) is 0 Å². The van der Waals surface area contributed by atoms with Crippen LogP contribution in [0.4, 0.5) is 8.78 Å². The highest BCUT2D eigenvalue weighted by atomic mass is 32.2. The molecule has 0 N–H and O–H groups in total. The maximum Gasteiger partial charge on any atom is 0.285 e. The number of rotatable bonds is 3. The third-order valence-corrected chi connectivity index (χ3v) is 0.805. The minimum absolute atomic E-state index is 0.238. The lowest BCUT2D eigenvalue weighted by atomic mass is 10.9. The number of hydrogen-bond acceptors (Lipinski definition) is 2. The van der Waals surface area contributed by atoms with Crippen LogP contribution >= 0.6 is 11.8 Å². The lowest BCUT2D eigenvalue weighted by molar-refractivity contribution is 0.252. The summed E-state index contributed by atoms with van der Waals surface area (Å²) in [6.07, 6.45) is 1.33. The minimum atomic E-state index is -2.44. The molecule has 7 heavy (non-hydrogen) atoms. The van der Waals surface area contributed by atoms with E-state index in [2.05, 4.69) is 0 Å². The van der Waals surface area contributed by atoms with Gasteiger partial charge in [0.25, 0.3) is 5.76 Å². The highest BCUT2D eigenvalue weighted by Crippen LogP contribution is 2.10. The van der Waals surface area contributed by atoms with Gasteiger partial charge in [0, 0.05) is 0 Å². The fourth-order valence-electron chi connectivity index (χ4n) is 0.0970. The van der Waals surface area contributed by atoms with E-state index < -0.39 is 5.76 Å². The van der Waals surface area contributed by atoms with Crippen molar-refractivity contribution < 1.29 is 13.6 Å². The lowest BCUT2D eigenvalue weighted by Crippen LogP contribution is -1.84. The summed E-state index contributed by atoms with van der Waals surface area (Å²) in [4.78, 5) is 9.23. The summed E-state index contributed by atoms with van der Waals surface area (Å²) >= 11 is 0.274. The lowest BCUT2D eigenvalue weighted by Gasteiger charge is -1.87. The molecule has 0 spiro atoms. The zero-order valence-electron chi connectivity index (χ0n) is 3.36. The van der Waals surface area contributed by atoms with Crippen molar-refractivity contribution in [1.82, 2.24) is 0 Å². The molecule has 0 saturated heterocycles. The van der Waals surface area contributed by atoms with Crippen molar-refractivity contribution in [3.8, 4) is 0 Å². The van der Waals surface area contributed by atoms with Crippen LogP contribution in [0.1, 0.15) is 0 Å². The van der Waals surface area contributed by atoms with E-state index in [0.29, 0.717) is 0 Å². The van der Waals surface area contributed by atoms with Gasteiger partial charge in [-0.25, -0.2) is 0 Å². The molecule has 0 saturated carbocycles. The molecule has 4 heteroatoms. The molecule has 0 amide bonds. The fraction of sp³-hybridized carbons (Fsp3) is 0.667. The smallest absolute Gasteiger partial charge is 0.285 e. The van der Waals surface area contributed by atoms with Gasteiger partial charge >= 0.3 is 0 Å². The highest BCUT2D eigenvalue weighted by molar-refractivity contribution is 8.00. The molecular formula is C3H3F2OS. The molecule has 0 aromatic rings. The van der Waals surface area contributed by atoms with E-state index in [1.54, 1.807) is 0 Å². The predicted octanol–water partition coefficient (Wildman–Crippen LogP) is 1.05. The van der Waals surface area contributed by atoms with Crippen LogP contribution in [0, 0.1) is 0 Å². The molecule has 1 radical (unpaired) electrons. The Labute approximate surface area is 44.1 Å². The van der Waals surface area contributed by atoms with Crippen LogP contribution in [0.3, 0.4) is 0 Å². The average molecular weight is 125 g/mol. The Balaban J connectivity index is 2.81. The first kappa shape index (κ1) is 6.88. The first-order chi connectivity index (χ1) is 3.27. The first-order valence-corrected chi connectivity index (χ1v) is 2.57. The van der Waals surface area contributed by atoms with Gasteiger partial charge in [-0.3, -0.25) is 4.79 Å². The molecule has 0 aromatic heterocycles. The quantitative estimate of drug-likeness (QED) is 0.560. The zero-order chi connectivity index (χ0) is 5.70. The monoisotopic (exact) mass is 125 g/mol. The molecule has 0 unspecified atom stereocenters. The van der Waals surface area contributed by atoms with Crippen molar-refractivity contribution in [2.75, 3.05) is 5.75 Å². The van der Waals surface area contributed by atoms with Gasteiger partial charge in [0.2, 0.25) is 6.29 Å². The van der Waals surface area contributed by atoms with E-state index in [0.717, 1.165) is 0 Å². The Bertz CT molecular complexity index is 56.9. The van der Waals surface area contributed by atoms with Crippen molar-refractivity contribution in [3.63, 3.8) is 0 Å². The summed E-state index contributed by atoms with van der Waals surface area (Å²) in [5, 5.41) is 0. The third-order valence-electron chi connectivity index (χ3n) is 0.268. The van der Waals surface area contributed by atoms with Crippen LogP contribution in [0.5, 0.6) is 0 Å². The average Bonchev–Trinajstić information content (AvgIpc) is 1.61. The van der Waals surface area contributed by atoms with Gasteiger partial charge in [-0.05, 0) is 0 Å². The highest BCUT2D eigenvalue weighted by Gasteiger charge is 1.99. The standard InChI is InChI=1S/C3H3F2OS/c4-3(5)7-2-1-6/h3H,2H2. The number of halogens is 2. The summed E-state index contributed by atoms with van der Waals surface area (Å²) < 4.78 is 22.0. The Morgan fingerprint density at radius 2 is 2.29 bits per heavy atom. The maximum absolute atomic E-state index is 11.0. The van der Waals surface area contributed by atoms with E-state index >= 15 is 0 Å². The van der Waals surface area contributed by atoms with Gasteiger partial charge in [-0.1, -0.05) is 11.8 Å². The number of alkyl halides is 2. The van der Waals surface area contributed by atoms with Crippen LogP contribution in [0.25, 0.3) is 0 Å². The molecule has 0 aliphatic rings. The fourth-order valence-corrected chi connectivity index (χ4v) is 0.291. The third kappa shape index (κ3) is 5.88. The predicted molar refractivity (Wildman–Crippen MR) is 24.2 cm³/mol. The summed E-state index contributed by atoms with van der Waals surface area (Å²) in [6.45, 7) is 0. The summed E-state index contributed by atoms with van der Waals surface area (Å²) in [5.74, 6) is -2.68. The number of thioether (sulfide) groups is 1. The Kier molecular flexibility index (Phi) is 3.98. The second-order valence-electron chi connectivity index (χ2n) is 0.716. The van der Waals surface area contributed by atoms with Crippen molar-refractivity contribution >= 4 is 18.0 Å². The SMILES string of the molecule is O=[C]CSC(F)F.